The summed E-state index contributed by atoms with van der Waals surface area (Å²) in [6.45, 7) is 4.03. The van der Waals surface area contributed by atoms with Gasteiger partial charge in [-0.15, -0.1) is 0 Å². The topological polar surface area (TPSA) is 89.6 Å². The molecule has 2 fully saturated rings. The monoisotopic (exact) mass is 394 g/mol. The van der Waals surface area contributed by atoms with Crippen molar-refractivity contribution in [1.29, 1.82) is 5.26 Å². The van der Waals surface area contributed by atoms with Gasteiger partial charge in [0.05, 0.1) is 11.6 Å². The smallest absolute Gasteiger partial charge is 0.343 e. The van der Waals surface area contributed by atoms with Gasteiger partial charge in [0.15, 0.2) is 0 Å². The number of anilines is 1. The Bertz CT molecular complexity index is 1060. The van der Waals surface area contributed by atoms with Crippen LogP contribution in [0.5, 0.6) is 0 Å². The molecule has 0 radical (unpaired) electrons. The highest BCUT2D eigenvalue weighted by Crippen LogP contribution is 2.43. The second kappa shape index (κ2) is 7.53. The van der Waals surface area contributed by atoms with E-state index in [4.69, 9.17) is 5.26 Å². The van der Waals surface area contributed by atoms with Gasteiger partial charge in [-0.2, -0.15) is 5.26 Å². The molecule has 1 aliphatic heterocycles. The van der Waals surface area contributed by atoms with Crippen LogP contribution in [0.4, 0.5) is 5.82 Å². The summed E-state index contributed by atoms with van der Waals surface area (Å²) in [7, 11) is 2.00. The number of aromatic nitrogens is 1. The first kappa shape index (κ1) is 19.5. The fourth-order valence-corrected chi connectivity index (χ4v) is 4.52. The van der Waals surface area contributed by atoms with Crippen molar-refractivity contribution in [2.45, 2.75) is 44.7 Å². The molecule has 2 heterocycles. The van der Waals surface area contributed by atoms with Crippen molar-refractivity contribution in [3.63, 3.8) is 0 Å². The van der Waals surface area contributed by atoms with E-state index >= 15 is 0 Å². The Morgan fingerprint density at radius 1 is 1.34 bits per heavy atom. The molecule has 1 atom stereocenters. The molecule has 1 aromatic carbocycles. The molecule has 152 valence electrons. The quantitative estimate of drug-likeness (QED) is 0.810. The van der Waals surface area contributed by atoms with E-state index in [1.165, 1.54) is 0 Å². The van der Waals surface area contributed by atoms with Gasteiger partial charge in [0.2, 0.25) is 5.43 Å². The van der Waals surface area contributed by atoms with Crippen molar-refractivity contribution < 1.29 is 9.90 Å². The Hall–Kier alpha value is -2.85. The maximum atomic E-state index is 13.2. The number of nitrogens with zero attached hydrogens (tertiary/aromatic N) is 4. The highest BCUT2D eigenvalue weighted by molar-refractivity contribution is 5.99. The third kappa shape index (κ3) is 3.38. The van der Waals surface area contributed by atoms with Gasteiger partial charge in [-0.25, -0.2) is 4.79 Å². The van der Waals surface area contributed by atoms with Crippen LogP contribution in [0.1, 0.15) is 47.6 Å². The summed E-state index contributed by atoms with van der Waals surface area (Å²) in [5.74, 6) is -0.605. The van der Waals surface area contributed by atoms with Gasteiger partial charge in [0, 0.05) is 43.5 Å². The van der Waals surface area contributed by atoms with Crippen LogP contribution in [0.15, 0.2) is 23.0 Å². The largest absolute Gasteiger partial charge is 0.477 e. The van der Waals surface area contributed by atoms with E-state index in [0.717, 1.165) is 30.3 Å². The SMILES string of the molecule is Cc1cccc2c(=O)c(C(=O)O)c(N3CCC(N(C)CCC#N)C3)n(C3CC3)c12. The van der Waals surface area contributed by atoms with Gasteiger partial charge >= 0.3 is 5.97 Å². The number of carboxylic acid groups (broad SMARTS) is 1. The Morgan fingerprint density at radius 2 is 2.10 bits per heavy atom. The number of hydrogen-bond donors (Lipinski definition) is 1. The molecule has 1 aromatic heterocycles. The number of aryl methyl sites for hydroxylation is 1. The van der Waals surface area contributed by atoms with Gasteiger partial charge in [-0.1, -0.05) is 12.1 Å². The van der Waals surface area contributed by atoms with Gasteiger partial charge in [-0.3, -0.25) is 4.79 Å². The van der Waals surface area contributed by atoms with E-state index < -0.39 is 11.4 Å². The predicted molar refractivity (Wildman–Crippen MR) is 112 cm³/mol. The summed E-state index contributed by atoms with van der Waals surface area (Å²) in [6, 6.07) is 8.19. The van der Waals surface area contributed by atoms with Crippen molar-refractivity contribution in [2.24, 2.45) is 0 Å². The second-order valence-electron chi connectivity index (χ2n) is 8.18. The van der Waals surface area contributed by atoms with Crippen molar-refractivity contribution in [2.75, 3.05) is 31.6 Å². The van der Waals surface area contributed by atoms with Crippen LogP contribution in [-0.2, 0) is 0 Å². The van der Waals surface area contributed by atoms with Gasteiger partial charge < -0.3 is 19.5 Å². The molecule has 0 amide bonds. The molecule has 1 saturated heterocycles. The van der Waals surface area contributed by atoms with Crippen molar-refractivity contribution in [3.05, 3.63) is 39.5 Å². The predicted octanol–water partition coefficient (Wildman–Crippen LogP) is 2.77. The molecule has 7 heteroatoms. The molecular formula is C22H26N4O3. The summed E-state index contributed by atoms with van der Waals surface area (Å²) in [5, 5.41) is 19.3. The fraction of sp³-hybridized carbons (Fsp3) is 0.500. The van der Waals surface area contributed by atoms with E-state index in [2.05, 4.69) is 20.4 Å². The third-order valence-electron chi connectivity index (χ3n) is 6.19. The minimum absolute atomic E-state index is 0.115. The zero-order valence-corrected chi connectivity index (χ0v) is 16.9. The molecule has 7 nitrogen and oxygen atoms in total. The molecule has 2 aromatic rings. The number of para-hydroxylation sites is 1. The molecule has 0 spiro atoms. The zero-order valence-electron chi connectivity index (χ0n) is 16.9. The van der Waals surface area contributed by atoms with Crippen LogP contribution in [0.2, 0.25) is 0 Å². The molecular weight excluding hydrogens is 368 g/mol. The van der Waals surface area contributed by atoms with Gasteiger partial charge in [-0.05, 0) is 44.9 Å². The Kier molecular flexibility index (Phi) is 5.05. The first-order valence-corrected chi connectivity index (χ1v) is 10.2. The maximum absolute atomic E-state index is 13.2. The average Bonchev–Trinajstić information content (AvgIpc) is 3.41. The summed E-state index contributed by atoms with van der Waals surface area (Å²) in [6.07, 6.45) is 3.34. The van der Waals surface area contributed by atoms with Crippen LogP contribution in [0.25, 0.3) is 10.9 Å². The Morgan fingerprint density at radius 3 is 2.76 bits per heavy atom. The van der Waals surface area contributed by atoms with E-state index in [1.54, 1.807) is 6.07 Å². The lowest BCUT2D eigenvalue weighted by atomic mass is 10.1. The van der Waals surface area contributed by atoms with E-state index in [9.17, 15) is 14.7 Å². The van der Waals surface area contributed by atoms with E-state index in [0.29, 0.717) is 37.3 Å². The molecule has 1 aliphatic carbocycles. The van der Waals surface area contributed by atoms with Crippen molar-refractivity contribution in [3.8, 4) is 6.07 Å². The molecule has 1 unspecified atom stereocenters. The Labute approximate surface area is 169 Å². The lowest BCUT2D eigenvalue weighted by Crippen LogP contribution is -2.37. The zero-order chi connectivity index (χ0) is 20.7. The number of rotatable bonds is 6. The number of hydrogen-bond acceptors (Lipinski definition) is 5. The number of pyridine rings is 1. The molecule has 4 rings (SSSR count). The first-order valence-electron chi connectivity index (χ1n) is 10.2. The lowest BCUT2D eigenvalue weighted by molar-refractivity contribution is 0.0695. The first-order chi connectivity index (χ1) is 13.9. The highest BCUT2D eigenvalue weighted by atomic mass is 16.4. The second-order valence-corrected chi connectivity index (χ2v) is 8.18. The normalized spacial score (nSPS) is 19.1. The number of aromatic carboxylic acids is 1. The molecule has 2 aliphatic rings. The standard InChI is InChI=1S/C22H26N4O3/c1-14-5-3-6-17-19(14)26(15-7-8-15)21(18(20(17)27)22(28)29)25-12-9-16(13-25)24(2)11-4-10-23/h3,5-6,15-16H,4,7-9,11-13H2,1-2H3,(H,28,29). The van der Waals surface area contributed by atoms with Gasteiger partial charge in [0.25, 0.3) is 0 Å². The van der Waals surface area contributed by atoms with Crippen LogP contribution in [-0.4, -0.2) is 53.3 Å². The number of carboxylic acids is 1. The van der Waals surface area contributed by atoms with Gasteiger partial charge in [0.1, 0.15) is 11.4 Å². The van der Waals surface area contributed by atoms with E-state index in [1.807, 2.05) is 26.1 Å². The molecule has 1 N–H and O–H groups in total. The van der Waals surface area contributed by atoms with Crippen LogP contribution in [0, 0.1) is 18.3 Å². The van der Waals surface area contributed by atoms with Crippen LogP contribution >= 0.6 is 0 Å². The molecule has 0 bridgehead atoms. The minimum Gasteiger partial charge on any atom is -0.477 e. The lowest BCUT2D eigenvalue weighted by Gasteiger charge is -2.29. The summed E-state index contributed by atoms with van der Waals surface area (Å²) in [5.41, 5.74) is 1.34. The van der Waals surface area contributed by atoms with Crippen molar-refractivity contribution >= 4 is 22.7 Å². The number of benzene rings is 1. The summed E-state index contributed by atoms with van der Waals surface area (Å²) in [4.78, 5) is 29.6. The number of nitriles is 1. The third-order valence-corrected chi connectivity index (χ3v) is 6.19. The van der Waals surface area contributed by atoms with E-state index in [-0.39, 0.29) is 17.6 Å². The highest BCUT2D eigenvalue weighted by Gasteiger charge is 2.36. The maximum Gasteiger partial charge on any atom is 0.343 e. The summed E-state index contributed by atoms with van der Waals surface area (Å²) < 4.78 is 2.12. The number of carbonyl (C=O) groups is 1. The average molecular weight is 394 g/mol. The van der Waals surface area contributed by atoms with Crippen LogP contribution < -0.4 is 10.3 Å². The van der Waals surface area contributed by atoms with Crippen molar-refractivity contribution in [1.82, 2.24) is 9.47 Å². The Balaban J connectivity index is 1.86. The fourth-order valence-electron chi connectivity index (χ4n) is 4.52. The number of likely N-dealkylation sites (N-methyl/N-ethyl adjacent to an activating group) is 1. The summed E-state index contributed by atoms with van der Waals surface area (Å²) >= 11 is 0. The minimum atomic E-state index is -1.16. The molecule has 29 heavy (non-hydrogen) atoms. The van der Waals surface area contributed by atoms with Crippen LogP contribution in [0.3, 0.4) is 0 Å². The molecule has 1 saturated carbocycles. The number of fused-ring (bicyclic) bond motifs is 1.